The minimum absolute atomic E-state index is 0.0495. The monoisotopic (exact) mass is 394 g/mol. The molecule has 8 heteroatoms. The van der Waals surface area contributed by atoms with Crippen LogP contribution in [0.4, 0.5) is 0 Å². The van der Waals surface area contributed by atoms with E-state index in [2.05, 4.69) is 47.8 Å². The van der Waals surface area contributed by atoms with E-state index in [9.17, 15) is 4.79 Å². The van der Waals surface area contributed by atoms with Gasteiger partial charge in [0.2, 0.25) is 0 Å². The number of guanidine groups is 1. The number of hydrogen-bond donors (Lipinski definition) is 1. The van der Waals surface area contributed by atoms with Gasteiger partial charge in [-0.1, -0.05) is 13.8 Å². The second-order valence-corrected chi connectivity index (χ2v) is 9.07. The van der Waals surface area contributed by atoms with Crippen LogP contribution < -0.4 is 11.0 Å². The molecule has 3 rings (SSSR count). The Morgan fingerprint density at radius 2 is 2.22 bits per heavy atom. The van der Waals surface area contributed by atoms with Crippen molar-refractivity contribution < 1.29 is 0 Å². The molecule has 1 atom stereocenters. The minimum atomic E-state index is 0.0495. The highest BCUT2D eigenvalue weighted by Gasteiger charge is 2.24. The Hall–Kier alpha value is -1.44. The molecular weight excluding hydrogens is 360 g/mol. The van der Waals surface area contributed by atoms with Crippen LogP contribution in [0.25, 0.3) is 0 Å². The summed E-state index contributed by atoms with van der Waals surface area (Å²) in [5.41, 5.74) is 0.0495. The fourth-order valence-electron chi connectivity index (χ4n) is 3.70. The summed E-state index contributed by atoms with van der Waals surface area (Å²) in [7, 11) is 0. The molecule has 0 aromatic carbocycles. The van der Waals surface area contributed by atoms with Gasteiger partial charge in [-0.3, -0.25) is 9.56 Å². The molecule has 1 fully saturated rings. The zero-order chi connectivity index (χ0) is 19.2. The van der Waals surface area contributed by atoms with Gasteiger partial charge >= 0.3 is 5.69 Å². The van der Waals surface area contributed by atoms with Crippen LogP contribution >= 0.6 is 11.8 Å². The molecule has 1 aromatic rings. The molecule has 0 amide bonds. The highest BCUT2D eigenvalue weighted by Crippen LogP contribution is 2.24. The third-order valence-electron chi connectivity index (χ3n) is 5.29. The van der Waals surface area contributed by atoms with Crippen LogP contribution in [0.2, 0.25) is 0 Å². The van der Waals surface area contributed by atoms with Crippen LogP contribution in [0.5, 0.6) is 0 Å². The first-order valence-corrected chi connectivity index (χ1v) is 11.5. The summed E-state index contributed by atoms with van der Waals surface area (Å²) in [5, 5.41) is 8.62. The topological polar surface area (TPSA) is 67.5 Å². The number of aliphatic imine (C=N–C) groups is 1. The predicted octanol–water partition coefficient (Wildman–Crippen LogP) is 1.81. The minimum Gasteiger partial charge on any atom is -0.357 e. The van der Waals surface area contributed by atoms with Gasteiger partial charge in [0.05, 0.1) is 0 Å². The van der Waals surface area contributed by atoms with Gasteiger partial charge in [0.15, 0.2) is 5.96 Å². The summed E-state index contributed by atoms with van der Waals surface area (Å²) < 4.78 is 3.48. The lowest BCUT2D eigenvalue weighted by Crippen LogP contribution is -2.49. The first-order chi connectivity index (χ1) is 13.1. The van der Waals surface area contributed by atoms with Gasteiger partial charge in [-0.05, 0) is 32.1 Å². The summed E-state index contributed by atoms with van der Waals surface area (Å²) in [6.45, 7) is 11.9. The van der Waals surface area contributed by atoms with Crippen LogP contribution in [0.3, 0.4) is 0 Å². The van der Waals surface area contributed by atoms with Crippen molar-refractivity contribution in [1.82, 2.24) is 24.6 Å². The molecule has 3 heterocycles. The van der Waals surface area contributed by atoms with Crippen molar-refractivity contribution in [3.63, 3.8) is 0 Å². The van der Waals surface area contributed by atoms with E-state index in [1.54, 1.807) is 4.68 Å². The Bertz CT molecular complexity index is 695. The molecule has 0 radical (unpaired) electrons. The number of rotatable bonds is 6. The quantitative estimate of drug-likeness (QED) is 0.453. The predicted molar refractivity (Wildman–Crippen MR) is 113 cm³/mol. The second kappa shape index (κ2) is 9.66. The number of hydrogen-bond acceptors (Lipinski definition) is 4. The Balaban J connectivity index is 1.56. The van der Waals surface area contributed by atoms with Crippen molar-refractivity contribution in [2.24, 2.45) is 10.9 Å². The van der Waals surface area contributed by atoms with E-state index in [1.165, 1.54) is 0 Å². The van der Waals surface area contributed by atoms with E-state index >= 15 is 0 Å². The molecule has 1 saturated heterocycles. The number of nitrogens with one attached hydrogen (secondary N) is 1. The molecule has 1 aromatic heterocycles. The van der Waals surface area contributed by atoms with E-state index in [0.29, 0.717) is 24.3 Å². The van der Waals surface area contributed by atoms with Gasteiger partial charge in [0.1, 0.15) is 5.82 Å². The normalized spacial score (nSPS) is 20.8. The lowest BCUT2D eigenvalue weighted by Gasteiger charge is -2.36. The summed E-state index contributed by atoms with van der Waals surface area (Å²) in [4.78, 5) is 19.6. The maximum absolute atomic E-state index is 12.4. The third-order valence-corrected chi connectivity index (χ3v) is 6.83. The van der Waals surface area contributed by atoms with Crippen molar-refractivity contribution in [2.45, 2.75) is 64.8 Å². The van der Waals surface area contributed by atoms with Gasteiger partial charge in [-0.15, -0.1) is 0 Å². The van der Waals surface area contributed by atoms with E-state index in [4.69, 9.17) is 4.99 Å². The molecule has 0 spiro atoms. The SMILES string of the molecule is CCNC(=NCCCn1nc2n(c1=O)CCCC2)N1CCSC(C(C)C)C1. The lowest BCUT2D eigenvalue weighted by molar-refractivity contribution is 0.380. The fourth-order valence-corrected chi connectivity index (χ4v) is 5.00. The molecule has 1 N–H and O–H groups in total. The van der Waals surface area contributed by atoms with Crippen LogP contribution in [0.1, 0.15) is 45.9 Å². The molecule has 152 valence electrons. The summed E-state index contributed by atoms with van der Waals surface area (Å²) >= 11 is 2.08. The Labute approximate surface area is 166 Å². The summed E-state index contributed by atoms with van der Waals surface area (Å²) in [6, 6.07) is 0. The van der Waals surface area contributed by atoms with Crippen LogP contribution in [-0.2, 0) is 19.5 Å². The smallest absolute Gasteiger partial charge is 0.345 e. The van der Waals surface area contributed by atoms with Crippen molar-refractivity contribution in [3.8, 4) is 0 Å². The fraction of sp³-hybridized carbons (Fsp3) is 0.842. The molecule has 2 aliphatic rings. The lowest BCUT2D eigenvalue weighted by atomic mass is 10.1. The average molecular weight is 395 g/mol. The van der Waals surface area contributed by atoms with Gasteiger partial charge in [0.25, 0.3) is 0 Å². The van der Waals surface area contributed by atoms with Crippen LogP contribution in [-0.4, -0.2) is 62.4 Å². The standard InChI is InChI=1S/C19H34N6OS/c1-4-20-18(23-12-13-27-16(14-23)15(2)3)21-9-7-11-25-19(26)24-10-6-5-8-17(24)22-25/h15-16H,4-14H2,1-3H3,(H,20,21). The molecule has 0 saturated carbocycles. The zero-order valence-corrected chi connectivity index (χ0v) is 17.8. The molecule has 7 nitrogen and oxygen atoms in total. The van der Waals surface area contributed by atoms with Gasteiger partial charge < -0.3 is 10.2 Å². The molecule has 0 aliphatic carbocycles. The second-order valence-electron chi connectivity index (χ2n) is 7.72. The largest absolute Gasteiger partial charge is 0.357 e. The first kappa shape index (κ1) is 20.3. The average Bonchev–Trinajstić information content (AvgIpc) is 3.00. The summed E-state index contributed by atoms with van der Waals surface area (Å²) in [5.74, 6) is 3.80. The van der Waals surface area contributed by atoms with Gasteiger partial charge in [0, 0.05) is 56.7 Å². The summed E-state index contributed by atoms with van der Waals surface area (Å²) in [6.07, 6.45) is 3.98. The number of aryl methyl sites for hydroxylation is 2. The first-order valence-electron chi connectivity index (χ1n) is 10.4. The highest BCUT2D eigenvalue weighted by molar-refractivity contribution is 8.00. The molecule has 0 bridgehead atoms. The van der Waals surface area contributed by atoms with E-state index < -0.39 is 0 Å². The number of nitrogens with zero attached hydrogens (tertiary/aromatic N) is 5. The van der Waals surface area contributed by atoms with E-state index in [0.717, 1.165) is 69.4 Å². The zero-order valence-electron chi connectivity index (χ0n) is 17.0. The van der Waals surface area contributed by atoms with Crippen molar-refractivity contribution in [2.75, 3.05) is 31.9 Å². The maximum Gasteiger partial charge on any atom is 0.345 e. The number of aromatic nitrogens is 3. The Morgan fingerprint density at radius 3 is 2.96 bits per heavy atom. The van der Waals surface area contributed by atoms with Crippen molar-refractivity contribution in [3.05, 3.63) is 16.3 Å². The molecular formula is C19H34N6OS. The number of thioether (sulfide) groups is 1. The molecule has 1 unspecified atom stereocenters. The van der Waals surface area contributed by atoms with Crippen molar-refractivity contribution >= 4 is 17.7 Å². The van der Waals surface area contributed by atoms with Crippen LogP contribution in [0, 0.1) is 5.92 Å². The van der Waals surface area contributed by atoms with E-state index in [1.807, 2.05) is 4.57 Å². The molecule has 27 heavy (non-hydrogen) atoms. The van der Waals surface area contributed by atoms with Crippen molar-refractivity contribution in [1.29, 1.82) is 0 Å². The molecule has 2 aliphatic heterocycles. The maximum atomic E-state index is 12.4. The Kier molecular flexibility index (Phi) is 7.26. The number of fused-ring (bicyclic) bond motifs is 1. The van der Waals surface area contributed by atoms with E-state index in [-0.39, 0.29) is 5.69 Å². The van der Waals surface area contributed by atoms with Crippen LogP contribution in [0.15, 0.2) is 9.79 Å². The Morgan fingerprint density at radius 1 is 1.37 bits per heavy atom. The highest BCUT2D eigenvalue weighted by atomic mass is 32.2. The van der Waals surface area contributed by atoms with Gasteiger partial charge in [-0.25, -0.2) is 9.48 Å². The third kappa shape index (κ3) is 5.09. The van der Waals surface area contributed by atoms with Gasteiger partial charge in [-0.2, -0.15) is 16.9 Å².